The van der Waals surface area contributed by atoms with Gasteiger partial charge in [0.25, 0.3) is 0 Å². The van der Waals surface area contributed by atoms with Crippen LogP contribution in [0.5, 0.6) is 0 Å². The summed E-state index contributed by atoms with van der Waals surface area (Å²) in [5.74, 6) is 3.56. The molecule has 4 saturated carbocycles. The summed E-state index contributed by atoms with van der Waals surface area (Å²) in [6, 6.07) is 0. The van der Waals surface area contributed by atoms with E-state index in [0.29, 0.717) is 17.6 Å². The third kappa shape index (κ3) is 3.98. The quantitative estimate of drug-likeness (QED) is 0.406. The molecule has 0 aliphatic heterocycles. The van der Waals surface area contributed by atoms with E-state index >= 15 is 0 Å². The van der Waals surface area contributed by atoms with Crippen molar-refractivity contribution in [3.05, 3.63) is 0 Å². The smallest absolute Gasteiger partial charge is 0.303 e. The molecule has 0 unspecified atom stereocenters. The van der Waals surface area contributed by atoms with Gasteiger partial charge in [-0.1, -0.05) is 66.7 Å². The third-order valence-corrected chi connectivity index (χ3v) is 10.9. The zero-order valence-corrected chi connectivity index (χ0v) is 21.6. The average Bonchev–Trinajstić information content (AvgIpc) is 3.07. The maximum atomic E-state index is 14.0. The fourth-order valence-corrected chi connectivity index (χ4v) is 9.35. The van der Waals surface area contributed by atoms with Gasteiger partial charge in [0.2, 0.25) is 0 Å². The molecule has 182 valence electrons. The van der Waals surface area contributed by atoms with E-state index in [4.69, 9.17) is 4.74 Å². The van der Waals surface area contributed by atoms with Gasteiger partial charge in [-0.2, -0.15) is 0 Å². The molecule has 0 aromatic carbocycles. The Kier molecular flexibility index (Phi) is 6.87. The Balaban J connectivity index is 1.59. The highest BCUT2D eigenvalue weighted by molar-refractivity contribution is 5.89. The number of ketones is 1. The Hall–Kier alpha value is -0.860. The van der Waals surface area contributed by atoms with Crippen LogP contribution in [0, 0.1) is 52.3 Å². The molecule has 9 atom stereocenters. The molecule has 32 heavy (non-hydrogen) atoms. The molecule has 4 rings (SSSR count). The molecule has 0 radical (unpaired) electrons. The fraction of sp³-hybridized carbons (Fsp3) is 0.931. The Morgan fingerprint density at radius 2 is 1.66 bits per heavy atom. The first-order valence-corrected chi connectivity index (χ1v) is 13.8. The topological polar surface area (TPSA) is 43.4 Å². The molecule has 3 heteroatoms. The van der Waals surface area contributed by atoms with Crippen LogP contribution in [0.3, 0.4) is 0 Å². The van der Waals surface area contributed by atoms with E-state index in [2.05, 4.69) is 34.6 Å². The van der Waals surface area contributed by atoms with Crippen molar-refractivity contribution in [2.45, 2.75) is 118 Å². The molecule has 0 N–H and O–H groups in total. The average molecular weight is 445 g/mol. The number of carbonyl (C=O) groups excluding carboxylic acids is 2. The van der Waals surface area contributed by atoms with Gasteiger partial charge in [-0.3, -0.25) is 9.59 Å². The summed E-state index contributed by atoms with van der Waals surface area (Å²) in [5, 5.41) is 0. The molecule has 4 aliphatic rings. The largest absolute Gasteiger partial charge is 0.454 e. The fourth-order valence-electron chi connectivity index (χ4n) is 9.35. The Bertz CT molecular complexity index is 713. The van der Waals surface area contributed by atoms with E-state index in [0.717, 1.165) is 24.2 Å². The lowest BCUT2D eigenvalue weighted by Gasteiger charge is -2.61. The Labute approximate surface area is 196 Å². The van der Waals surface area contributed by atoms with Crippen LogP contribution in [-0.2, 0) is 14.3 Å². The standard InChI is InChI=1S/C29H48O3/c1-18(2)10-9-11-19(3)21-13-14-22-25-23(15-17-29(21,22)6)28(5)16-8-7-12-24(28)27(26(25)31)32-20(4)30/h18-19,21-25,27H,7-17H2,1-6H3/t19-,21-,22+,23+,24-,25+,27+,28-,29-/m1/s1. The van der Waals surface area contributed by atoms with Gasteiger partial charge in [-0.25, -0.2) is 0 Å². The molecule has 0 saturated heterocycles. The van der Waals surface area contributed by atoms with Gasteiger partial charge in [-0.05, 0) is 78.9 Å². The van der Waals surface area contributed by atoms with Crippen LogP contribution in [-0.4, -0.2) is 17.9 Å². The van der Waals surface area contributed by atoms with Crippen molar-refractivity contribution in [1.29, 1.82) is 0 Å². The highest BCUT2D eigenvalue weighted by Crippen LogP contribution is 2.68. The van der Waals surface area contributed by atoms with Crippen molar-refractivity contribution in [2.75, 3.05) is 0 Å². The van der Waals surface area contributed by atoms with Crippen molar-refractivity contribution in [3.8, 4) is 0 Å². The molecule has 0 bridgehead atoms. The van der Waals surface area contributed by atoms with Crippen LogP contribution >= 0.6 is 0 Å². The van der Waals surface area contributed by atoms with Crippen LogP contribution < -0.4 is 0 Å². The van der Waals surface area contributed by atoms with Crippen LogP contribution in [0.1, 0.15) is 112 Å². The lowest BCUT2D eigenvalue weighted by atomic mass is 9.43. The first-order valence-electron chi connectivity index (χ1n) is 13.8. The van der Waals surface area contributed by atoms with Crippen molar-refractivity contribution in [1.82, 2.24) is 0 Å². The van der Waals surface area contributed by atoms with Gasteiger partial charge >= 0.3 is 5.97 Å². The normalized spacial score (nSPS) is 44.5. The van der Waals surface area contributed by atoms with Gasteiger partial charge in [0, 0.05) is 18.8 Å². The second-order valence-corrected chi connectivity index (χ2v) is 13.1. The molecular weight excluding hydrogens is 396 g/mol. The van der Waals surface area contributed by atoms with Crippen LogP contribution in [0.25, 0.3) is 0 Å². The zero-order chi connectivity index (χ0) is 23.3. The number of carbonyl (C=O) groups is 2. The third-order valence-electron chi connectivity index (χ3n) is 10.9. The number of fused-ring (bicyclic) bond motifs is 5. The van der Waals surface area contributed by atoms with E-state index in [1.807, 2.05) is 0 Å². The maximum Gasteiger partial charge on any atom is 0.303 e. The summed E-state index contributed by atoms with van der Waals surface area (Å²) in [6.45, 7) is 13.6. The predicted molar refractivity (Wildman–Crippen MR) is 129 cm³/mol. The van der Waals surface area contributed by atoms with Gasteiger partial charge < -0.3 is 4.74 Å². The van der Waals surface area contributed by atoms with Crippen molar-refractivity contribution in [2.24, 2.45) is 52.3 Å². The number of esters is 1. The van der Waals surface area contributed by atoms with Crippen LogP contribution in [0.15, 0.2) is 0 Å². The summed E-state index contributed by atoms with van der Waals surface area (Å²) in [5.41, 5.74) is 0.423. The molecule has 0 aromatic heterocycles. The number of hydrogen-bond acceptors (Lipinski definition) is 3. The molecule has 4 fully saturated rings. The van der Waals surface area contributed by atoms with E-state index < -0.39 is 6.10 Å². The monoisotopic (exact) mass is 444 g/mol. The van der Waals surface area contributed by atoms with Crippen molar-refractivity contribution in [3.63, 3.8) is 0 Å². The lowest BCUT2D eigenvalue weighted by molar-refractivity contribution is -0.190. The van der Waals surface area contributed by atoms with E-state index in [9.17, 15) is 9.59 Å². The minimum atomic E-state index is -0.496. The molecule has 3 nitrogen and oxygen atoms in total. The van der Waals surface area contributed by atoms with Crippen LogP contribution in [0.4, 0.5) is 0 Å². The SMILES string of the molecule is CC(=O)O[C@@H]1C(=O)[C@@H]2[C@H](CC[C@]3(C)[C@@H]([C@H](C)CCCC(C)C)CC[C@@H]23)[C@@]2(C)CCCC[C@H]12. The highest BCUT2D eigenvalue weighted by Gasteiger charge is 2.65. The molecule has 0 heterocycles. The molecular formula is C29H48O3. The second kappa shape index (κ2) is 9.06. The van der Waals surface area contributed by atoms with E-state index in [1.54, 1.807) is 0 Å². The summed E-state index contributed by atoms with van der Waals surface area (Å²) in [4.78, 5) is 26.0. The minimum Gasteiger partial charge on any atom is -0.454 e. The zero-order valence-electron chi connectivity index (χ0n) is 21.6. The summed E-state index contributed by atoms with van der Waals surface area (Å²) in [7, 11) is 0. The second-order valence-electron chi connectivity index (χ2n) is 13.1. The highest BCUT2D eigenvalue weighted by atomic mass is 16.5. The first kappa shape index (κ1) is 24.3. The predicted octanol–water partition coefficient (Wildman–Crippen LogP) is 7.22. The molecule has 4 aliphatic carbocycles. The van der Waals surface area contributed by atoms with Gasteiger partial charge in [0.1, 0.15) is 0 Å². The number of rotatable bonds is 6. The van der Waals surface area contributed by atoms with Crippen molar-refractivity contribution >= 4 is 11.8 Å². The molecule has 0 spiro atoms. The van der Waals surface area contributed by atoms with Gasteiger partial charge in [-0.15, -0.1) is 0 Å². The maximum absolute atomic E-state index is 14.0. The Morgan fingerprint density at radius 3 is 2.34 bits per heavy atom. The molecule has 0 aromatic rings. The summed E-state index contributed by atoms with van der Waals surface area (Å²) >= 11 is 0. The Morgan fingerprint density at radius 1 is 0.938 bits per heavy atom. The van der Waals surface area contributed by atoms with Gasteiger partial charge in [0.15, 0.2) is 11.9 Å². The number of hydrogen-bond donors (Lipinski definition) is 0. The van der Waals surface area contributed by atoms with Crippen molar-refractivity contribution < 1.29 is 14.3 Å². The number of Topliss-reactive ketones (excluding diaryl/α,β-unsaturated/α-hetero) is 1. The van der Waals surface area contributed by atoms with Gasteiger partial charge in [0.05, 0.1) is 0 Å². The minimum absolute atomic E-state index is 0.102. The van der Waals surface area contributed by atoms with E-state index in [-0.39, 0.29) is 28.6 Å². The lowest BCUT2D eigenvalue weighted by Crippen LogP contribution is -2.62. The first-order chi connectivity index (χ1) is 15.1. The van der Waals surface area contributed by atoms with E-state index in [1.165, 1.54) is 71.1 Å². The summed E-state index contributed by atoms with van der Waals surface area (Å²) < 4.78 is 5.83. The number of ether oxygens (including phenoxy) is 1. The molecule has 0 amide bonds. The summed E-state index contributed by atoms with van der Waals surface area (Å²) in [6.07, 6.45) is 13.1. The van der Waals surface area contributed by atoms with Crippen LogP contribution in [0.2, 0.25) is 0 Å².